The zero-order valence-electron chi connectivity index (χ0n) is 8.77. The van der Waals surface area contributed by atoms with E-state index in [9.17, 15) is 0 Å². The van der Waals surface area contributed by atoms with Crippen LogP contribution in [0.2, 0.25) is 0 Å². The van der Waals surface area contributed by atoms with E-state index in [2.05, 4.69) is 0 Å². The van der Waals surface area contributed by atoms with Gasteiger partial charge in [-0.3, -0.25) is 0 Å². The van der Waals surface area contributed by atoms with Crippen molar-refractivity contribution < 1.29 is 28.1 Å². The van der Waals surface area contributed by atoms with Crippen molar-refractivity contribution in [2.75, 3.05) is 19.8 Å². The van der Waals surface area contributed by atoms with Crippen molar-refractivity contribution in [1.29, 1.82) is 0 Å². The summed E-state index contributed by atoms with van der Waals surface area (Å²) in [5.74, 6) is 0. The summed E-state index contributed by atoms with van der Waals surface area (Å²) in [6, 6.07) is 10.1. The van der Waals surface area contributed by atoms with Crippen molar-refractivity contribution in [3.8, 4) is 0 Å². The van der Waals surface area contributed by atoms with Crippen LogP contribution in [0.3, 0.4) is 0 Å². The Morgan fingerprint density at radius 1 is 1.14 bits per heavy atom. The second-order valence-electron chi connectivity index (χ2n) is 2.46. The van der Waals surface area contributed by atoms with Gasteiger partial charge in [0.25, 0.3) is 0 Å². The fourth-order valence-electron chi connectivity index (χ4n) is 0.850. The quantitative estimate of drug-likeness (QED) is 0.344. The Morgan fingerprint density at radius 2 is 1.86 bits per heavy atom. The van der Waals surface area contributed by atoms with Crippen LogP contribution in [-0.4, -0.2) is 19.8 Å². The van der Waals surface area contributed by atoms with Crippen LogP contribution >= 0.6 is 8.81 Å². The van der Waals surface area contributed by atoms with E-state index < -0.39 is 0 Å². The molecular weight excluding hydrogens is 190 g/mol. The largest absolute Gasteiger partial charge is 1.00 e. The molecule has 2 nitrogen and oxygen atoms in total. The molecule has 1 rings (SSSR count). The average molecular weight is 204 g/mol. The maximum atomic E-state index is 5.37. The monoisotopic (exact) mass is 204 g/mol. The molecule has 4 heteroatoms. The molecule has 0 radical (unpaired) electrons. The molecule has 0 N–H and O–H groups in total. The van der Waals surface area contributed by atoms with Crippen LogP contribution in [0, 0.1) is 0 Å². The molecule has 0 saturated carbocycles. The molecule has 0 heterocycles. The Bertz CT molecular complexity index is 219. The molecule has 0 aliphatic heterocycles. The van der Waals surface area contributed by atoms with E-state index in [4.69, 9.17) is 9.26 Å². The summed E-state index contributed by atoms with van der Waals surface area (Å²) in [5.41, 5.74) is 0. The zero-order valence-corrected chi connectivity index (χ0v) is 9.67. The summed E-state index contributed by atoms with van der Waals surface area (Å²) in [4.78, 5) is 0. The van der Waals surface area contributed by atoms with E-state index in [-0.39, 0.29) is 18.9 Å². The summed E-state index contributed by atoms with van der Waals surface area (Å²) in [6.45, 7) is 4.07. The maximum Gasteiger partial charge on any atom is 1.00 e. The van der Waals surface area contributed by atoms with Gasteiger partial charge in [0.1, 0.15) is 0 Å². The minimum Gasteiger partial charge on any atom is -0.551 e. The van der Waals surface area contributed by atoms with E-state index in [1.165, 1.54) is 5.30 Å². The fraction of sp³-hybridized carbons (Fsp3) is 0.400. The first-order valence-electron chi connectivity index (χ1n) is 4.39. The van der Waals surface area contributed by atoms with E-state index in [0.29, 0.717) is 13.2 Å². The Labute approximate surface area is 99.4 Å². The Hall–Kier alpha value is 0.167. The Balaban J connectivity index is 0.00000169. The van der Waals surface area contributed by atoms with Gasteiger partial charge in [0.15, 0.2) is 0 Å². The second-order valence-corrected chi connectivity index (χ2v) is 3.41. The van der Waals surface area contributed by atoms with E-state index >= 15 is 0 Å². The average Bonchev–Trinajstić information content (AvgIpc) is 2.19. The number of hydrogen-bond acceptors (Lipinski definition) is 2. The van der Waals surface area contributed by atoms with E-state index in [0.717, 1.165) is 15.4 Å². The maximum absolute atomic E-state index is 5.37. The van der Waals surface area contributed by atoms with Gasteiger partial charge in [0.2, 0.25) is 0 Å². The van der Waals surface area contributed by atoms with Crippen molar-refractivity contribution in [3.05, 3.63) is 30.3 Å². The topological polar surface area (TPSA) is 18.5 Å². The molecular formula is C10H14LiO2P. The van der Waals surface area contributed by atoms with Crippen LogP contribution in [0.1, 0.15) is 6.92 Å². The van der Waals surface area contributed by atoms with Gasteiger partial charge in [-0.2, -0.15) is 5.30 Å². The summed E-state index contributed by atoms with van der Waals surface area (Å²) in [5, 5.41) is 1.18. The summed E-state index contributed by atoms with van der Waals surface area (Å²) < 4.78 is 10.5. The molecule has 1 aromatic carbocycles. The normalized spacial score (nSPS) is 10.4. The van der Waals surface area contributed by atoms with Gasteiger partial charge in [-0.05, 0) is 6.92 Å². The standard InChI is InChI=1S/C10H14O2P.Li/c1-2-11-8-9-12-13-10-6-4-3-5-7-10;/h3-7H,2,8-9H2,1H3;/q-1;+1. The molecule has 0 fully saturated rings. The molecule has 0 bridgehead atoms. The first kappa shape index (κ1) is 14.2. The van der Waals surface area contributed by atoms with Crippen LogP contribution < -0.4 is 24.2 Å². The third kappa shape index (κ3) is 6.60. The van der Waals surface area contributed by atoms with Gasteiger partial charge in [0.05, 0.1) is 6.61 Å². The smallest absolute Gasteiger partial charge is 0.551 e. The molecule has 0 aliphatic carbocycles. The minimum atomic E-state index is 0. The summed E-state index contributed by atoms with van der Waals surface area (Å²) >= 11 is 0. The van der Waals surface area contributed by atoms with Gasteiger partial charge in [-0.1, -0.05) is 30.3 Å². The molecule has 0 atom stereocenters. The number of ether oxygens (including phenoxy) is 1. The van der Waals surface area contributed by atoms with Crippen molar-refractivity contribution in [3.63, 3.8) is 0 Å². The van der Waals surface area contributed by atoms with Gasteiger partial charge in [-0.15, -0.1) is 0 Å². The fourth-order valence-corrected chi connectivity index (χ4v) is 1.46. The van der Waals surface area contributed by atoms with Gasteiger partial charge in [0, 0.05) is 13.2 Å². The third-order valence-electron chi connectivity index (χ3n) is 1.45. The van der Waals surface area contributed by atoms with Crippen molar-refractivity contribution in [1.82, 2.24) is 0 Å². The van der Waals surface area contributed by atoms with E-state index in [1.807, 2.05) is 37.3 Å². The van der Waals surface area contributed by atoms with Gasteiger partial charge >= 0.3 is 18.9 Å². The third-order valence-corrected chi connectivity index (χ3v) is 2.27. The first-order valence-corrected chi connectivity index (χ1v) is 5.20. The minimum absolute atomic E-state index is 0. The SMILES string of the molecule is CCOCCO[P-]c1ccccc1.[Li+]. The molecule has 0 spiro atoms. The second kappa shape index (κ2) is 9.71. The van der Waals surface area contributed by atoms with Crippen LogP contribution in [0.4, 0.5) is 0 Å². The molecule has 0 unspecified atom stereocenters. The van der Waals surface area contributed by atoms with Crippen LogP contribution in [0.5, 0.6) is 0 Å². The van der Waals surface area contributed by atoms with Crippen molar-refractivity contribution in [2.45, 2.75) is 6.92 Å². The zero-order chi connectivity index (χ0) is 9.36. The van der Waals surface area contributed by atoms with Crippen LogP contribution in [0.25, 0.3) is 0 Å². The Kier molecular flexibility index (Phi) is 9.83. The molecule has 0 aromatic heterocycles. The van der Waals surface area contributed by atoms with Crippen molar-refractivity contribution in [2.24, 2.45) is 0 Å². The number of benzene rings is 1. The Morgan fingerprint density at radius 3 is 2.50 bits per heavy atom. The molecule has 0 amide bonds. The molecule has 0 aliphatic rings. The number of rotatable bonds is 6. The van der Waals surface area contributed by atoms with Gasteiger partial charge < -0.3 is 18.1 Å². The number of hydrogen-bond donors (Lipinski definition) is 0. The summed E-state index contributed by atoms with van der Waals surface area (Å²) in [7, 11) is 0.913. The predicted octanol–water partition coefficient (Wildman–Crippen LogP) is -0.770. The van der Waals surface area contributed by atoms with Crippen LogP contribution in [-0.2, 0) is 9.26 Å². The predicted molar refractivity (Wildman–Crippen MR) is 55.4 cm³/mol. The molecule has 14 heavy (non-hydrogen) atoms. The van der Waals surface area contributed by atoms with Crippen molar-refractivity contribution >= 4 is 14.1 Å². The molecule has 72 valence electrons. The summed E-state index contributed by atoms with van der Waals surface area (Å²) in [6.07, 6.45) is 0. The van der Waals surface area contributed by atoms with Gasteiger partial charge in [-0.25, -0.2) is 0 Å². The van der Waals surface area contributed by atoms with Crippen LogP contribution in [0.15, 0.2) is 30.3 Å². The molecule has 1 aromatic rings. The van der Waals surface area contributed by atoms with E-state index in [1.54, 1.807) is 0 Å². The molecule has 0 saturated heterocycles. The first-order chi connectivity index (χ1) is 6.43.